The van der Waals surface area contributed by atoms with Crippen LogP contribution in [0.25, 0.3) is 0 Å². The summed E-state index contributed by atoms with van der Waals surface area (Å²) in [6.45, 7) is 4.37. The highest BCUT2D eigenvalue weighted by atomic mass is 32.2. The number of carbonyl (C=O) groups is 1. The van der Waals surface area contributed by atoms with E-state index >= 15 is 0 Å². The Morgan fingerprint density at radius 1 is 1.08 bits per heavy atom. The van der Waals surface area contributed by atoms with Crippen molar-refractivity contribution in [3.05, 3.63) is 53.6 Å². The molecule has 1 amide bonds. The zero-order valence-corrected chi connectivity index (χ0v) is 23.4. The molecule has 2 unspecified atom stereocenters. The third-order valence-electron chi connectivity index (χ3n) is 8.51. The maximum Gasteiger partial charge on any atom is 0.416 e. The van der Waals surface area contributed by atoms with Crippen LogP contribution < -0.4 is 15.3 Å². The lowest BCUT2D eigenvalue weighted by atomic mass is 9.47. The van der Waals surface area contributed by atoms with Crippen molar-refractivity contribution >= 4 is 36.8 Å². The lowest BCUT2D eigenvalue weighted by molar-refractivity contribution is -0.137. The largest absolute Gasteiger partial charge is 0.416 e. The second-order valence-electron chi connectivity index (χ2n) is 11.2. The third kappa shape index (κ3) is 5.42. The standard InChI is InChI=1S/C29H33F3N3OPS/c1-3-37(4-2)22-6-8-23(9-7-22)38-35-25-12-21(29(30,31)32)5-10-24(25)26(36)34-28-15-19-11-20(16-28)14-27(13-19,17-28)18-33/h5-10,12,19-20,35H,3-4,11,13-17H2,1-2H3,(H,34,36). The molecule has 0 spiro atoms. The molecule has 2 aromatic carbocycles. The Kier molecular flexibility index (Phi) is 7.48. The van der Waals surface area contributed by atoms with E-state index in [1.54, 1.807) is 0 Å². The van der Waals surface area contributed by atoms with Gasteiger partial charge < -0.3 is 10.0 Å². The van der Waals surface area contributed by atoms with Gasteiger partial charge in [-0.05, 0) is 110 Å². The normalized spacial score (nSPS) is 27.8. The van der Waals surface area contributed by atoms with Crippen LogP contribution in [0.3, 0.4) is 0 Å². The van der Waals surface area contributed by atoms with Crippen molar-refractivity contribution in [3.63, 3.8) is 0 Å². The average Bonchev–Trinajstić information content (AvgIpc) is 2.87. The third-order valence-corrected chi connectivity index (χ3v) is 11.9. The maximum absolute atomic E-state index is 13.6. The fraction of sp³-hybridized carbons (Fsp3) is 0.517. The molecule has 0 saturated heterocycles. The van der Waals surface area contributed by atoms with Crippen molar-refractivity contribution in [2.24, 2.45) is 17.3 Å². The van der Waals surface area contributed by atoms with Crippen LogP contribution in [0.15, 0.2) is 47.4 Å². The molecular weight excluding hydrogens is 526 g/mol. The van der Waals surface area contributed by atoms with E-state index in [0.717, 1.165) is 61.5 Å². The number of hydrogen-bond acceptors (Lipinski definition) is 4. The number of amides is 1. The van der Waals surface area contributed by atoms with Crippen molar-refractivity contribution in [2.75, 3.05) is 17.0 Å². The summed E-state index contributed by atoms with van der Waals surface area (Å²) in [6.07, 6.45) is 2.86. The SMILES string of the molecule is CCP(CC)c1ccc(SNc2cc(C(F)(F)F)ccc2C(=O)NC23CC4CC(CC(C#N)(C4)C2)C3)cc1. The topological polar surface area (TPSA) is 64.9 Å². The van der Waals surface area contributed by atoms with Crippen LogP contribution in [-0.2, 0) is 6.18 Å². The van der Waals surface area contributed by atoms with E-state index in [9.17, 15) is 23.2 Å². The number of nitriles is 1. The number of rotatable bonds is 8. The summed E-state index contributed by atoms with van der Waals surface area (Å²) >= 11 is 1.20. The highest BCUT2D eigenvalue weighted by Crippen LogP contribution is 2.61. The van der Waals surface area contributed by atoms with Crippen LogP contribution in [0.5, 0.6) is 0 Å². The Labute approximate surface area is 228 Å². The van der Waals surface area contributed by atoms with Gasteiger partial charge in [0.15, 0.2) is 0 Å². The van der Waals surface area contributed by atoms with Crippen molar-refractivity contribution in [1.82, 2.24) is 5.32 Å². The number of alkyl halides is 3. The minimum atomic E-state index is -4.52. The molecule has 0 aromatic heterocycles. The Bertz CT molecular complexity index is 1230. The number of nitrogens with zero attached hydrogens (tertiary/aromatic N) is 1. The summed E-state index contributed by atoms with van der Waals surface area (Å²) in [5.41, 5.74) is -1.34. The number of halogens is 3. The predicted octanol–water partition coefficient (Wildman–Crippen LogP) is 7.56. The molecule has 0 heterocycles. The van der Waals surface area contributed by atoms with Crippen molar-refractivity contribution in [2.45, 2.75) is 69.0 Å². The van der Waals surface area contributed by atoms with Gasteiger partial charge in [0.1, 0.15) is 0 Å². The van der Waals surface area contributed by atoms with E-state index in [1.165, 1.54) is 23.3 Å². The summed E-state index contributed by atoms with van der Waals surface area (Å²) in [4.78, 5) is 14.4. The van der Waals surface area contributed by atoms with Gasteiger partial charge in [0, 0.05) is 10.4 Å². The molecule has 4 bridgehead atoms. The molecule has 202 valence electrons. The number of nitrogens with one attached hydrogen (secondary N) is 2. The van der Waals surface area contributed by atoms with Crippen LogP contribution in [0.1, 0.15) is 68.3 Å². The van der Waals surface area contributed by atoms with Gasteiger partial charge in [-0.15, -0.1) is 0 Å². The lowest BCUT2D eigenvalue weighted by Gasteiger charge is -2.59. The first kappa shape index (κ1) is 27.3. The lowest BCUT2D eigenvalue weighted by Crippen LogP contribution is -2.62. The molecule has 4 nitrogen and oxygen atoms in total. The highest BCUT2D eigenvalue weighted by molar-refractivity contribution is 8.00. The molecule has 0 aliphatic heterocycles. The molecule has 38 heavy (non-hydrogen) atoms. The van der Waals surface area contributed by atoms with E-state index < -0.39 is 22.7 Å². The van der Waals surface area contributed by atoms with Gasteiger partial charge in [0.25, 0.3) is 5.91 Å². The molecule has 4 aliphatic rings. The van der Waals surface area contributed by atoms with Gasteiger partial charge in [-0.1, -0.05) is 33.9 Å². The van der Waals surface area contributed by atoms with Gasteiger partial charge in [-0.25, -0.2) is 0 Å². The molecule has 9 heteroatoms. The number of carbonyl (C=O) groups excluding carboxylic acids is 1. The summed E-state index contributed by atoms with van der Waals surface area (Å²) in [5.74, 6) is 0.450. The van der Waals surface area contributed by atoms with Crippen LogP contribution in [0.4, 0.5) is 18.9 Å². The fourth-order valence-electron chi connectivity index (χ4n) is 7.28. The van der Waals surface area contributed by atoms with Crippen molar-refractivity contribution < 1.29 is 18.0 Å². The van der Waals surface area contributed by atoms with Crippen LogP contribution in [-0.4, -0.2) is 23.8 Å². The number of hydrogen-bond donors (Lipinski definition) is 2. The first-order valence-electron chi connectivity index (χ1n) is 13.3. The Morgan fingerprint density at radius 3 is 2.32 bits per heavy atom. The van der Waals surface area contributed by atoms with Crippen LogP contribution >= 0.6 is 19.9 Å². The molecule has 4 fully saturated rings. The fourth-order valence-corrected chi connectivity index (χ4v) is 9.70. The monoisotopic (exact) mass is 559 g/mol. The zero-order chi connectivity index (χ0) is 27.1. The van der Waals surface area contributed by atoms with Gasteiger partial charge in [0.2, 0.25) is 0 Å². The maximum atomic E-state index is 13.6. The molecule has 6 rings (SSSR count). The Balaban J connectivity index is 1.37. The molecule has 4 saturated carbocycles. The average molecular weight is 560 g/mol. The quantitative estimate of drug-likeness (QED) is 0.259. The van der Waals surface area contributed by atoms with Crippen molar-refractivity contribution in [3.8, 4) is 6.07 Å². The molecule has 4 aliphatic carbocycles. The van der Waals surface area contributed by atoms with Gasteiger partial charge in [-0.3, -0.25) is 4.79 Å². The van der Waals surface area contributed by atoms with Crippen LogP contribution in [0, 0.1) is 28.6 Å². The van der Waals surface area contributed by atoms with E-state index in [4.69, 9.17) is 0 Å². The molecule has 0 radical (unpaired) electrons. The molecule has 2 aromatic rings. The minimum absolute atomic E-state index is 0.135. The molecular formula is C29H33F3N3OPS. The summed E-state index contributed by atoms with van der Waals surface area (Å²) in [5, 5.41) is 14.4. The minimum Gasteiger partial charge on any atom is -0.346 e. The first-order chi connectivity index (χ1) is 18.1. The number of anilines is 1. The van der Waals surface area contributed by atoms with Gasteiger partial charge >= 0.3 is 6.18 Å². The van der Waals surface area contributed by atoms with Crippen LogP contribution in [0.2, 0.25) is 0 Å². The number of benzene rings is 2. The molecule has 2 N–H and O–H groups in total. The summed E-state index contributed by atoms with van der Waals surface area (Å²) < 4.78 is 43.7. The van der Waals surface area contributed by atoms with E-state index in [0.29, 0.717) is 18.3 Å². The van der Waals surface area contributed by atoms with Gasteiger partial charge in [-0.2, -0.15) is 18.4 Å². The summed E-state index contributed by atoms with van der Waals surface area (Å²) in [6, 6.07) is 13.9. The highest BCUT2D eigenvalue weighted by Gasteiger charge is 2.58. The first-order valence-corrected chi connectivity index (χ1v) is 15.8. The Morgan fingerprint density at radius 2 is 1.74 bits per heavy atom. The zero-order valence-electron chi connectivity index (χ0n) is 21.7. The van der Waals surface area contributed by atoms with E-state index in [2.05, 4.69) is 42.1 Å². The smallest absolute Gasteiger partial charge is 0.346 e. The Hall–Kier alpha value is -2.23. The second kappa shape index (κ2) is 10.4. The predicted molar refractivity (Wildman–Crippen MR) is 148 cm³/mol. The molecule has 2 atom stereocenters. The summed E-state index contributed by atoms with van der Waals surface area (Å²) in [7, 11) is -0.195. The van der Waals surface area contributed by atoms with Gasteiger partial charge in [0.05, 0.1) is 28.3 Å². The van der Waals surface area contributed by atoms with E-state index in [1.807, 2.05) is 12.1 Å². The van der Waals surface area contributed by atoms with E-state index in [-0.39, 0.29) is 25.1 Å². The van der Waals surface area contributed by atoms with Crippen molar-refractivity contribution in [1.29, 1.82) is 5.26 Å². The second-order valence-corrected chi connectivity index (χ2v) is 15.0.